The Morgan fingerprint density at radius 2 is 2.00 bits per heavy atom. The number of carboxylic acid groups (broad SMARTS) is 1. The highest BCUT2D eigenvalue weighted by molar-refractivity contribution is 5.98. The van der Waals surface area contributed by atoms with Gasteiger partial charge in [0.1, 0.15) is 5.82 Å². The zero-order valence-electron chi connectivity index (χ0n) is 15.0. The Morgan fingerprint density at radius 1 is 1.23 bits per heavy atom. The highest BCUT2D eigenvalue weighted by Crippen LogP contribution is 2.16. The van der Waals surface area contributed by atoms with Crippen molar-refractivity contribution in [1.29, 1.82) is 0 Å². The molecule has 7 heteroatoms. The number of fused-ring (bicyclic) bond motifs is 2. The first kappa shape index (κ1) is 18.1. The van der Waals surface area contributed by atoms with Crippen LogP contribution in [0.2, 0.25) is 0 Å². The molecule has 1 aromatic carbocycles. The predicted octanol–water partition coefficient (Wildman–Crippen LogP) is 1.96. The number of nitrogens with one attached hydrogen (secondary N) is 1. The van der Waals surface area contributed by atoms with E-state index >= 15 is 0 Å². The SMILES string of the molecule is CC(NC(=O)c1ccc2c(=O)n3c(nc2c1)CCCCC3)C(C)C(=O)O. The number of rotatable bonds is 4. The van der Waals surface area contributed by atoms with Crippen molar-refractivity contribution in [2.24, 2.45) is 5.92 Å². The minimum atomic E-state index is -0.964. The summed E-state index contributed by atoms with van der Waals surface area (Å²) < 4.78 is 1.74. The van der Waals surface area contributed by atoms with Gasteiger partial charge in [-0.2, -0.15) is 0 Å². The first-order valence-corrected chi connectivity index (χ1v) is 8.95. The fraction of sp³-hybridized carbons (Fsp3) is 0.474. The van der Waals surface area contributed by atoms with Gasteiger partial charge in [-0.15, -0.1) is 0 Å². The number of aromatic nitrogens is 2. The van der Waals surface area contributed by atoms with Crippen LogP contribution >= 0.6 is 0 Å². The Balaban J connectivity index is 1.93. The molecule has 2 unspecified atom stereocenters. The van der Waals surface area contributed by atoms with Crippen molar-refractivity contribution < 1.29 is 14.7 Å². The molecule has 0 aliphatic carbocycles. The second-order valence-corrected chi connectivity index (χ2v) is 6.92. The molecule has 7 nitrogen and oxygen atoms in total. The van der Waals surface area contributed by atoms with E-state index in [1.807, 2.05) is 0 Å². The zero-order chi connectivity index (χ0) is 18.8. The zero-order valence-corrected chi connectivity index (χ0v) is 15.0. The van der Waals surface area contributed by atoms with Crippen LogP contribution in [0.25, 0.3) is 10.9 Å². The molecule has 2 heterocycles. The van der Waals surface area contributed by atoms with Crippen molar-refractivity contribution in [3.63, 3.8) is 0 Å². The lowest BCUT2D eigenvalue weighted by molar-refractivity contribution is -0.141. The number of aryl methyl sites for hydroxylation is 1. The number of hydrogen-bond donors (Lipinski definition) is 2. The van der Waals surface area contributed by atoms with Gasteiger partial charge in [0.15, 0.2) is 0 Å². The van der Waals surface area contributed by atoms with Crippen LogP contribution in [-0.2, 0) is 17.8 Å². The maximum Gasteiger partial charge on any atom is 0.308 e. The van der Waals surface area contributed by atoms with Gasteiger partial charge < -0.3 is 10.4 Å². The Labute approximate surface area is 151 Å². The number of carbonyl (C=O) groups is 2. The molecule has 0 bridgehead atoms. The first-order chi connectivity index (χ1) is 12.4. The minimum absolute atomic E-state index is 0.0632. The lowest BCUT2D eigenvalue weighted by Crippen LogP contribution is -2.40. The van der Waals surface area contributed by atoms with E-state index in [1.165, 1.54) is 0 Å². The van der Waals surface area contributed by atoms with E-state index < -0.39 is 17.9 Å². The molecule has 0 radical (unpaired) electrons. The van der Waals surface area contributed by atoms with Gasteiger partial charge in [0, 0.05) is 24.6 Å². The van der Waals surface area contributed by atoms with Gasteiger partial charge >= 0.3 is 5.97 Å². The summed E-state index contributed by atoms with van der Waals surface area (Å²) in [6, 6.07) is 4.31. The lowest BCUT2D eigenvalue weighted by atomic mass is 10.0. The summed E-state index contributed by atoms with van der Waals surface area (Å²) in [6.45, 7) is 3.89. The van der Waals surface area contributed by atoms with Crippen LogP contribution in [0.15, 0.2) is 23.0 Å². The maximum atomic E-state index is 12.7. The summed E-state index contributed by atoms with van der Waals surface area (Å²) in [4.78, 5) is 40.8. The van der Waals surface area contributed by atoms with Crippen LogP contribution in [-0.4, -0.2) is 32.6 Å². The van der Waals surface area contributed by atoms with Crippen LogP contribution < -0.4 is 10.9 Å². The standard InChI is InChI=1S/C19H23N3O4/c1-11(19(25)26)12(2)20-17(23)13-7-8-14-15(10-13)21-16-6-4-3-5-9-22(16)18(14)24/h7-8,10-12H,3-6,9H2,1-2H3,(H,20,23)(H,25,26). The molecule has 3 rings (SSSR count). The van der Waals surface area contributed by atoms with Gasteiger partial charge in [-0.25, -0.2) is 4.98 Å². The Bertz CT molecular complexity index is 919. The molecule has 0 saturated heterocycles. The van der Waals surface area contributed by atoms with Crippen LogP contribution in [0.3, 0.4) is 0 Å². The third kappa shape index (κ3) is 3.47. The third-order valence-electron chi connectivity index (χ3n) is 5.08. The van der Waals surface area contributed by atoms with Crippen LogP contribution in [0.5, 0.6) is 0 Å². The van der Waals surface area contributed by atoms with E-state index in [9.17, 15) is 14.4 Å². The molecule has 2 aromatic rings. The molecular formula is C19H23N3O4. The number of hydrogen-bond acceptors (Lipinski definition) is 4. The summed E-state index contributed by atoms with van der Waals surface area (Å²) in [6.07, 6.45) is 3.81. The summed E-state index contributed by atoms with van der Waals surface area (Å²) in [5.74, 6) is -1.26. The molecule has 1 amide bonds. The average molecular weight is 357 g/mol. The average Bonchev–Trinajstić information content (AvgIpc) is 2.86. The Hall–Kier alpha value is -2.70. The molecule has 0 fully saturated rings. The van der Waals surface area contributed by atoms with Crippen molar-refractivity contribution in [1.82, 2.24) is 14.9 Å². The molecule has 1 aliphatic heterocycles. The van der Waals surface area contributed by atoms with Crippen LogP contribution in [0, 0.1) is 5.92 Å². The van der Waals surface area contributed by atoms with Gasteiger partial charge in [0.25, 0.3) is 11.5 Å². The van der Waals surface area contributed by atoms with E-state index in [0.29, 0.717) is 23.0 Å². The molecule has 0 spiro atoms. The van der Waals surface area contributed by atoms with Crippen molar-refractivity contribution in [3.8, 4) is 0 Å². The van der Waals surface area contributed by atoms with Gasteiger partial charge in [-0.1, -0.05) is 6.42 Å². The van der Waals surface area contributed by atoms with Gasteiger partial charge in [-0.3, -0.25) is 19.0 Å². The maximum absolute atomic E-state index is 12.7. The van der Waals surface area contributed by atoms with E-state index in [1.54, 1.807) is 36.6 Å². The molecule has 2 N–H and O–H groups in total. The molecular weight excluding hydrogens is 334 g/mol. The highest BCUT2D eigenvalue weighted by Gasteiger charge is 2.22. The molecule has 1 aliphatic rings. The van der Waals surface area contributed by atoms with Crippen LogP contribution in [0.1, 0.15) is 49.3 Å². The van der Waals surface area contributed by atoms with Gasteiger partial charge in [-0.05, 0) is 44.9 Å². The van der Waals surface area contributed by atoms with E-state index in [2.05, 4.69) is 10.3 Å². The van der Waals surface area contributed by atoms with E-state index in [-0.39, 0.29) is 11.5 Å². The van der Waals surface area contributed by atoms with E-state index in [0.717, 1.165) is 31.5 Å². The molecule has 138 valence electrons. The predicted molar refractivity (Wildman–Crippen MR) is 97.3 cm³/mol. The number of carboxylic acids is 1. The normalized spacial score (nSPS) is 16.4. The smallest absolute Gasteiger partial charge is 0.308 e. The minimum Gasteiger partial charge on any atom is -0.481 e. The second kappa shape index (κ2) is 7.27. The summed E-state index contributed by atoms with van der Waals surface area (Å²) in [7, 11) is 0. The Kier molecular flexibility index (Phi) is 5.06. The van der Waals surface area contributed by atoms with E-state index in [4.69, 9.17) is 5.11 Å². The number of benzene rings is 1. The Morgan fingerprint density at radius 3 is 2.73 bits per heavy atom. The highest BCUT2D eigenvalue weighted by atomic mass is 16.4. The van der Waals surface area contributed by atoms with Crippen molar-refractivity contribution in [2.45, 2.75) is 52.1 Å². The summed E-state index contributed by atoms with van der Waals surface area (Å²) >= 11 is 0. The van der Waals surface area contributed by atoms with Crippen molar-refractivity contribution >= 4 is 22.8 Å². The molecule has 26 heavy (non-hydrogen) atoms. The fourth-order valence-corrected chi connectivity index (χ4v) is 3.19. The fourth-order valence-electron chi connectivity index (χ4n) is 3.19. The van der Waals surface area contributed by atoms with Gasteiger partial charge in [0.2, 0.25) is 0 Å². The van der Waals surface area contributed by atoms with Gasteiger partial charge in [0.05, 0.1) is 16.8 Å². The number of carbonyl (C=O) groups excluding carboxylic acids is 1. The second-order valence-electron chi connectivity index (χ2n) is 6.92. The third-order valence-corrected chi connectivity index (χ3v) is 5.08. The monoisotopic (exact) mass is 357 g/mol. The number of aliphatic carboxylic acids is 1. The summed E-state index contributed by atoms with van der Waals surface area (Å²) in [5.41, 5.74) is 0.814. The topological polar surface area (TPSA) is 101 Å². The number of amides is 1. The molecule has 1 aromatic heterocycles. The largest absolute Gasteiger partial charge is 0.481 e. The molecule has 0 saturated carbocycles. The number of nitrogens with zero attached hydrogens (tertiary/aromatic N) is 2. The lowest BCUT2D eigenvalue weighted by Gasteiger charge is -2.18. The van der Waals surface area contributed by atoms with Crippen molar-refractivity contribution in [3.05, 3.63) is 39.9 Å². The molecule has 2 atom stereocenters. The summed E-state index contributed by atoms with van der Waals surface area (Å²) in [5, 5.41) is 12.2. The van der Waals surface area contributed by atoms with Crippen LogP contribution in [0.4, 0.5) is 0 Å². The van der Waals surface area contributed by atoms with Crippen molar-refractivity contribution in [2.75, 3.05) is 0 Å². The first-order valence-electron chi connectivity index (χ1n) is 8.95. The quantitative estimate of drug-likeness (QED) is 0.871.